The first-order chi connectivity index (χ1) is 18.2. The highest BCUT2D eigenvalue weighted by atomic mass is 35.5. The van der Waals surface area contributed by atoms with E-state index in [2.05, 4.69) is 20.1 Å². The molecule has 1 aromatic carbocycles. The van der Waals surface area contributed by atoms with Crippen LogP contribution < -0.4 is 4.90 Å². The molecule has 0 bridgehead atoms. The van der Waals surface area contributed by atoms with Crippen LogP contribution in [-0.4, -0.2) is 55.9 Å². The third-order valence-electron chi connectivity index (χ3n) is 7.63. The number of benzene rings is 1. The number of hydrogen-bond acceptors (Lipinski definition) is 6. The number of amides is 1. The van der Waals surface area contributed by atoms with Crippen molar-refractivity contribution < 1.29 is 22.7 Å². The minimum absolute atomic E-state index is 0.0967. The molecule has 2 aliphatic heterocycles. The molecule has 38 heavy (non-hydrogen) atoms. The maximum Gasteiger partial charge on any atom is 0.410 e. The van der Waals surface area contributed by atoms with E-state index in [9.17, 15) is 18.0 Å². The van der Waals surface area contributed by atoms with Gasteiger partial charge in [0.05, 0.1) is 24.5 Å². The largest absolute Gasteiger partial charge is 0.446 e. The molecule has 3 aromatic rings. The Morgan fingerprint density at radius 2 is 1.84 bits per heavy atom. The summed E-state index contributed by atoms with van der Waals surface area (Å²) < 4.78 is 47.3. The Kier molecular flexibility index (Phi) is 6.20. The average Bonchev–Trinajstić information content (AvgIpc) is 3.27. The zero-order valence-electron chi connectivity index (χ0n) is 20.7. The molecular formula is C26H26ClF3N6O2. The number of carbonyl (C=O) groups excluding carboxylic acids is 1. The van der Waals surface area contributed by atoms with Gasteiger partial charge in [-0.3, -0.25) is 9.47 Å². The summed E-state index contributed by atoms with van der Waals surface area (Å²) in [4.78, 5) is 20.9. The molecule has 4 heterocycles. The molecule has 0 N–H and O–H groups in total. The molecular weight excluding hydrogens is 521 g/mol. The molecule has 3 aliphatic rings. The number of halogens is 4. The average molecular weight is 547 g/mol. The monoisotopic (exact) mass is 546 g/mol. The Bertz CT molecular complexity index is 1350. The van der Waals surface area contributed by atoms with Gasteiger partial charge in [-0.1, -0.05) is 11.6 Å². The van der Waals surface area contributed by atoms with Gasteiger partial charge in [-0.15, -0.1) is 10.2 Å². The summed E-state index contributed by atoms with van der Waals surface area (Å²) in [5, 5.41) is 9.57. The number of hydrogen-bond donors (Lipinski definition) is 0. The minimum Gasteiger partial charge on any atom is -0.446 e. The number of aromatic nitrogens is 4. The molecule has 1 saturated carbocycles. The fourth-order valence-electron chi connectivity index (χ4n) is 5.49. The van der Waals surface area contributed by atoms with E-state index in [1.807, 2.05) is 17.6 Å². The molecule has 6 rings (SSSR count). The van der Waals surface area contributed by atoms with Gasteiger partial charge >= 0.3 is 6.09 Å². The van der Waals surface area contributed by atoms with Crippen molar-refractivity contribution in [2.24, 2.45) is 0 Å². The van der Waals surface area contributed by atoms with E-state index in [4.69, 9.17) is 16.3 Å². The highest BCUT2D eigenvalue weighted by molar-refractivity contribution is 6.30. The quantitative estimate of drug-likeness (QED) is 0.422. The fourth-order valence-corrected chi connectivity index (χ4v) is 5.69. The molecule has 200 valence electrons. The van der Waals surface area contributed by atoms with Crippen molar-refractivity contribution in [3.05, 3.63) is 64.6 Å². The van der Waals surface area contributed by atoms with Crippen LogP contribution in [0.4, 0.5) is 23.8 Å². The van der Waals surface area contributed by atoms with Crippen LogP contribution in [0, 0.1) is 5.82 Å². The van der Waals surface area contributed by atoms with Gasteiger partial charge in [0.2, 0.25) is 0 Å². The summed E-state index contributed by atoms with van der Waals surface area (Å²) in [6, 6.07) is 8.04. The summed E-state index contributed by atoms with van der Waals surface area (Å²) in [6.07, 6.45) is 0.400. The summed E-state index contributed by atoms with van der Waals surface area (Å²) in [7, 11) is 0. The van der Waals surface area contributed by atoms with E-state index in [1.54, 1.807) is 18.2 Å². The number of carbonyl (C=O) groups is 1. The molecule has 1 unspecified atom stereocenters. The number of pyridine rings is 1. The van der Waals surface area contributed by atoms with Crippen molar-refractivity contribution >= 4 is 23.5 Å². The number of piperidine rings is 1. The lowest BCUT2D eigenvalue weighted by Gasteiger charge is -2.36. The van der Waals surface area contributed by atoms with Gasteiger partial charge in [-0.25, -0.2) is 22.9 Å². The topological polar surface area (TPSA) is 76.4 Å². The first-order valence-electron chi connectivity index (χ1n) is 12.6. The van der Waals surface area contributed by atoms with E-state index in [0.29, 0.717) is 10.8 Å². The summed E-state index contributed by atoms with van der Waals surface area (Å²) in [5.41, 5.74) is 1.61. The first kappa shape index (κ1) is 25.0. The summed E-state index contributed by atoms with van der Waals surface area (Å²) in [5.74, 6) is -0.967. The first-order valence-corrected chi connectivity index (χ1v) is 13.0. The SMILES string of the molecule is CC1c2nnc(C3CCN(c4ccc(F)cn4)CC3)n2-c2ccc(Cl)cc2CN1C(=O)OC1CC(F)(F)C1. The van der Waals surface area contributed by atoms with Crippen LogP contribution in [0.2, 0.25) is 5.02 Å². The van der Waals surface area contributed by atoms with Gasteiger partial charge in [0, 0.05) is 36.9 Å². The van der Waals surface area contributed by atoms with Crippen LogP contribution in [0.5, 0.6) is 0 Å². The Morgan fingerprint density at radius 1 is 1.11 bits per heavy atom. The van der Waals surface area contributed by atoms with E-state index < -0.39 is 37.0 Å². The van der Waals surface area contributed by atoms with E-state index in [-0.39, 0.29) is 18.3 Å². The predicted molar refractivity (Wildman–Crippen MR) is 133 cm³/mol. The van der Waals surface area contributed by atoms with Crippen LogP contribution in [0.25, 0.3) is 5.69 Å². The number of fused-ring (bicyclic) bond motifs is 3. The maximum absolute atomic E-state index is 13.3. The van der Waals surface area contributed by atoms with Gasteiger partial charge in [-0.2, -0.15) is 0 Å². The third kappa shape index (κ3) is 4.57. The molecule has 12 heteroatoms. The van der Waals surface area contributed by atoms with E-state index >= 15 is 0 Å². The molecule has 2 fully saturated rings. The number of rotatable bonds is 3. The molecule has 2 aromatic heterocycles. The van der Waals surface area contributed by atoms with Crippen molar-refractivity contribution in [1.82, 2.24) is 24.6 Å². The van der Waals surface area contributed by atoms with Crippen molar-refractivity contribution in [2.45, 2.75) is 63.1 Å². The van der Waals surface area contributed by atoms with Gasteiger partial charge < -0.3 is 9.64 Å². The zero-order chi connectivity index (χ0) is 26.6. The molecule has 1 amide bonds. The molecule has 0 spiro atoms. The van der Waals surface area contributed by atoms with Crippen LogP contribution >= 0.6 is 11.6 Å². The molecule has 1 atom stereocenters. The zero-order valence-corrected chi connectivity index (χ0v) is 21.4. The van der Waals surface area contributed by atoms with Crippen LogP contribution in [0.3, 0.4) is 0 Å². The third-order valence-corrected chi connectivity index (χ3v) is 7.86. The van der Waals surface area contributed by atoms with Crippen LogP contribution in [0.1, 0.15) is 61.8 Å². The number of alkyl halides is 2. The van der Waals surface area contributed by atoms with Gasteiger partial charge in [0.25, 0.3) is 5.92 Å². The predicted octanol–water partition coefficient (Wildman–Crippen LogP) is 5.65. The second kappa shape index (κ2) is 9.44. The molecule has 1 saturated heterocycles. The normalized spacial score (nSPS) is 21.3. The van der Waals surface area contributed by atoms with Gasteiger partial charge in [0.1, 0.15) is 23.6 Å². The van der Waals surface area contributed by atoms with E-state index in [0.717, 1.165) is 48.8 Å². The maximum atomic E-state index is 13.3. The lowest BCUT2D eigenvalue weighted by atomic mass is 9.91. The van der Waals surface area contributed by atoms with Crippen molar-refractivity contribution in [1.29, 1.82) is 0 Å². The highest BCUT2D eigenvalue weighted by Gasteiger charge is 2.48. The van der Waals surface area contributed by atoms with Crippen LogP contribution in [-0.2, 0) is 11.3 Å². The second-order valence-electron chi connectivity index (χ2n) is 10.2. The molecule has 8 nitrogen and oxygen atoms in total. The van der Waals surface area contributed by atoms with Gasteiger partial charge in [0.15, 0.2) is 5.82 Å². The number of ether oxygens (including phenoxy) is 1. The standard InChI is InChI=1S/C26H26ClF3N6O2/c1-15-23-32-33-24(16-6-8-34(9-7-16)22-5-3-19(28)13-31-22)36(23)21-4-2-18(27)10-17(21)14-35(15)25(37)38-20-11-26(29,30)12-20/h2-5,10,13,15-16,20H,6-9,11-12,14H2,1H3. The fraction of sp³-hybridized carbons (Fsp3) is 0.462. The lowest BCUT2D eigenvalue weighted by Crippen LogP contribution is -2.45. The second-order valence-corrected chi connectivity index (χ2v) is 10.6. The smallest absolute Gasteiger partial charge is 0.410 e. The summed E-state index contributed by atoms with van der Waals surface area (Å²) in [6.45, 7) is 3.46. The Morgan fingerprint density at radius 3 is 2.53 bits per heavy atom. The van der Waals surface area contributed by atoms with Crippen molar-refractivity contribution in [3.8, 4) is 5.69 Å². The Balaban J connectivity index is 1.28. The summed E-state index contributed by atoms with van der Waals surface area (Å²) >= 11 is 6.32. The van der Waals surface area contributed by atoms with Gasteiger partial charge in [-0.05, 0) is 55.7 Å². The Labute approximate surface area is 222 Å². The number of nitrogens with zero attached hydrogens (tertiary/aromatic N) is 6. The lowest BCUT2D eigenvalue weighted by molar-refractivity contribution is -0.148. The molecule has 0 radical (unpaired) electrons. The van der Waals surface area contributed by atoms with Crippen molar-refractivity contribution in [2.75, 3.05) is 18.0 Å². The molecule has 1 aliphatic carbocycles. The van der Waals surface area contributed by atoms with E-state index in [1.165, 1.54) is 17.2 Å². The van der Waals surface area contributed by atoms with Crippen molar-refractivity contribution in [3.63, 3.8) is 0 Å². The minimum atomic E-state index is -2.78. The number of anilines is 1. The Hall–Kier alpha value is -3.34. The highest BCUT2D eigenvalue weighted by Crippen LogP contribution is 2.41. The van der Waals surface area contributed by atoms with Crippen LogP contribution in [0.15, 0.2) is 36.5 Å².